The van der Waals surface area contributed by atoms with E-state index in [2.05, 4.69) is 20.8 Å². The lowest BCUT2D eigenvalue weighted by molar-refractivity contribution is -0.103. The van der Waals surface area contributed by atoms with Crippen LogP contribution in [0.25, 0.3) is 0 Å². The predicted octanol–water partition coefficient (Wildman–Crippen LogP) is 6.17. The van der Waals surface area contributed by atoms with Crippen LogP contribution in [0.2, 0.25) is 0 Å². The van der Waals surface area contributed by atoms with Crippen molar-refractivity contribution in [2.45, 2.75) is 90.2 Å². The van der Waals surface area contributed by atoms with E-state index in [1.165, 1.54) is 44.9 Å². The van der Waals surface area contributed by atoms with Crippen LogP contribution >= 0.6 is 0 Å². The minimum absolute atomic E-state index is 0.161. The van der Waals surface area contributed by atoms with Crippen molar-refractivity contribution in [2.24, 2.45) is 40.9 Å². The Morgan fingerprint density at radius 2 is 1.69 bits per heavy atom. The van der Waals surface area contributed by atoms with Crippen LogP contribution in [0.1, 0.15) is 88.9 Å². The monoisotopic (exact) mass is 437 g/mol. The lowest BCUT2D eigenvalue weighted by Gasteiger charge is -2.57. The van der Waals surface area contributed by atoms with Gasteiger partial charge in [-0.3, -0.25) is 4.79 Å². The van der Waals surface area contributed by atoms with Crippen LogP contribution in [0, 0.1) is 40.9 Å². The first-order valence-electron chi connectivity index (χ1n) is 13.3. The van der Waals surface area contributed by atoms with Crippen molar-refractivity contribution in [1.82, 2.24) is 4.90 Å². The van der Waals surface area contributed by atoms with Crippen LogP contribution in [0.4, 0.5) is 0 Å². The number of amides is 1. The molecule has 3 heteroatoms. The molecule has 5 rings (SSSR count). The highest BCUT2D eigenvalue weighted by Crippen LogP contribution is 2.65. The molecule has 4 fully saturated rings. The van der Waals surface area contributed by atoms with Crippen LogP contribution < -0.4 is 0 Å². The van der Waals surface area contributed by atoms with Gasteiger partial charge in [0.15, 0.2) is 0 Å². The van der Waals surface area contributed by atoms with Gasteiger partial charge in [0.2, 0.25) is 0 Å². The molecule has 0 aromatic heterocycles. The Morgan fingerprint density at radius 3 is 2.44 bits per heavy atom. The average molecular weight is 438 g/mol. The summed E-state index contributed by atoms with van der Waals surface area (Å²) in [6.45, 7) is 6.93. The summed E-state index contributed by atoms with van der Waals surface area (Å²) in [5.41, 5.74) is 0.733. The number of hydrogen-bond donors (Lipinski definition) is 1. The summed E-state index contributed by atoms with van der Waals surface area (Å²) in [5.74, 6) is 4.90. The normalized spacial score (nSPS) is 44.2. The summed E-state index contributed by atoms with van der Waals surface area (Å²) in [5, 5.41) is 10.6. The number of aliphatic hydroxyl groups is 1. The van der Waals surface area contributed by atoms with Gasteiger partial charge in [-0.05, 0) is 125 Å². The van der Waals surface area contributed by atoms with Crippen molar-refractivity contribution in [3.8, 4) is 0 Å². The van der Waals surface area contributed by atoms with Crippen molar-refractivity contribution >= 4 is 5.91 Å². The molecule has 1 N–H and O–H groups in total. The zero-order valence-electron chi connectivity index (χ0n) is 20.6. The van der Waals surface area contributed by atoms with Crippen molar-refractivity contribution in [1.29, 1.82) is 0 Å². The quantitative estimate of drug-likeness (QED) is 0.614. The van der Waals surface area contributed by atoms with E-state index >= 15 is 0 Å². The highest BCUT2D eigenvalue weighted by Gasteiger charge is 2.58. The van der Waals surface area contributed by atoms with Gasteiger partial charge >= 0.3 is 0 Å². The molecule has 4 aliphatic carbocycles. The molecule has 176 valence electrons. The third kappa shape index (κ3) is 3.63. The number of nitrogens with zero attached hydrogens (tertiary/aromatic N) is 1. The summed E-state index contributed by atoms with van der Waals surface area (Å²) in [4.78, 5) is 15.2. The smallest absolute Gasteiger partial charge is 0.253 e. The van der Waals surface area contributed by atoms with Crippen LogP contribution in [0.5, 0.6) is 0 Å². The molecule has 1 aromatic rings. The van der Waals surface area contributed by atoms with Crippen LogP contribution in [0.15, 0.2) is 30.3 Å². The van der Waals surface area contributed by atoms with Crippen LogP contribution in [-0.4, -0.2) is 34.6 Å². The van der Waals surface area contributed by atoms with Gasteiger partial charge in [-0.2, -0.15) is 0 Å². The molecule has 4 aliphatic rings. The van der Waals surface area contributed by atoms with Crippen LogP contribution in [0.3, 0.4) is 0 Å². The predicted molar refractivity (Wildman–Crippen MR) is 129 cm³/mol. The van der Waals surface area contributed by atoms with Crippen LogP contribution in [-0.2, 0) is 0 Å². The molecule has 0 spiro atoms. The van der Waals surface area contributed by atoms with Crippen molar-refractivity contribution < 1.29 is 9.90 Å². The van der Waals surface area contributed by atoms with Gasteiger partial charge in [0.05, 0.1) is 5.60 Å². The van der Waals surface area contributed by atoms with E-state index < -0.39 is 5.60 Å². The van der Waals surface area contributed by atoms with Gasteiger partial charge in [0.25, 0.3) is 5.91 Å². The molecule has 4 saturated carbocycles. The van der Waals surface area contributed by atoms with E-state index in [0.29, 0.717) is 11.3 Å². The van der Waals surface area contributed by atoms with Gasteiger partial charge in [0, 0.05) is 18.7 Å². The third-order valence-electron chi connectivity index (χ3n) is 10.8. The molecule has 0 saturated heterocycles. The second kappa shape index (κ2) is 8.15. The Hall–Kier alpha value is -1.35. The lowest BCUT2D eigenvalue weighted by atomic mass is 9.48. The Morgan fingerprint density at radius 1 is 0.969 bits per heavy atom. The Kier molecular flexibility index (Phi) is 5.72. The van der Waals surface area contributed by atoms with E-state index in [0.717, 1.165) is 48.0 Å². The Bertz CT molecular complexity index is 835. The molecule has 0 aliphatic heterocycles. The number of carbonyl (C=O) groups excluding carboxylic acids is 1. The molecule has 0 heterocycles. The highest BCUT2D eigenvalue weighted by atomic mass is 16.3. The SMILES string of the molecule is C[C@H]([C@H]1CC[C@H]2[C@@H]3CC[C@H]4C[C@](C)(O)CC[C@@H]4[C@H]3CC[C@]12C)N(C)C(=O)c1ccccc1. The molecule has 0 unspecified atom stereocenters. The topological polar surface area (TPSA) is 40.5 Å². The highest BCUT2D eigenvalue weighted by molar-refractivity contribution is 5.94. The Balaban J connectivity index is 1.31. The number of benzene rings is 1. The largest absolute Gasteiger partial charge is 0.390 e. The van der Waals surface area contributed by atoms with Gasteiger partial charge in [-0.1, -0.05) is 25.1 Å². The third-order valence-corrected chi connectivity index (χ3v) is 10.8. The molecular formula is C29H43NO2. The van der Waals surface area contributed by atoms with E-state index in [4.69, 9.17) is 0 Å². The lowest BCUT2D eigenvalue weighted by Crippen LogP contribution is -2.52. The van der Waals surface area contributed by atoms with E-state index in [1.54, 1.807) is 0 Å². The number of carbonyl (C=O) groups is 1. The maximum absolute atomic E-state index is 13.2. The van der Waals surface area contributed by atoms with Gasteiger partial charge in [-0.25, -0.2) is 0 Å². The fourth-order valence-corrected chi connectivity index (χ4v) is 9.15. The summed E-state index contributed by atoms with van der Waals surface area (Å²) in [6, 6.07) is 10.0. The first kappa shape index (κ1) is 22.4. The zero-order chi connectivity index (χ0) is 22.7. The van der Waals surface area contributed by atoms with Crippen molar-refractivity contribution in [2.75, 3.05) is 7.05 Å². The molecule has 1 amide bonds. The van der Waals surface area contributed by atoms with Gasteiger partial charge < -0.3 is 10.0 Å². The second-order valence-electron chi connectivity index (χ2n) is 12.4. The molecule has 9 atom stereocenters. The Labute approximate surface area is 195 Å². The van der Waals surface area contributed by atoms with Crippen molar-refractivity contribution in [3.05, 3.63) is 35.9 Å². The first-order valence-corrected chi connectivity index (χ1v) is 13.3. The zero-order valence-corrected chi connectivity index (χ0v) is 20.6. The molecular weight excluding hydrogens is 394 g/mol. The summed E-state index contributed by atoms with van der Waals surface area (Å²) >= 11 is 0. The molecule has 32 heavy (non-hydrogen) atoms. The maximum Gasteiger partial charge on any atom is 0.253 e. The standard InChI is InChI=1S/C29H43NO2/c1-19(30(4)27(31)20-8-6-5-7-9-20)25-12-13-26-24-11-10-21-18-28(2,32)16-14-22(21)23(24)15-17-29(25,26)3/h5-9,19,21-26,32H,10-18H2,1-4H3/t19-,21+,22+,23-,24-,25-,26+,28-,29-/m1/s1. The fraction of sp³-hybridized carbons (Fsp3) is 0.759. The number of rotatable bonds is 3. The van der Waals surface area contributed by atoms with Crippen molar-refractivity contribution in [3.63, 3.8) is 0 Å². The molecule has 1 aromatic carbocycles. The second-order valence-corrected chi connectivity index (χ2v) is 12.4. The molecule has 0 radical (unpaired) electrons. The number of fused-ring (bicyclic) bond motifs is 5. The van der Waals surface area contributed by atoms with Gasteiger partial charge in [0.1, 0.15) is 0 Å². The number of hydrogen-bond acceptors (Lipinski definition) is 2. The summed E-state index contributed by atoms with van der Waals surface area (Å²) in [7, 11) is 2.02. The first-order chi connectivity index (χ1) is 15.2. The van der Waals surface area contributed by atoms with Gasteiger partial charge in [-0.15, -0.1) is 0 Å². The minimum Gasteiger partial charge on any atom is -0.390 e. The molecule has 0 bridgehead atoms. The fourth-order valence-electron chi connectivity index (χ4n) is 9.15. The minimum atomic E-state index is -0.430. The van der Waals surface area contributed by atoms with E-state index in [1.807, 2.05) is 42.3 Å². The summed E-state index contributed by atoms with van der Waals surface area (Å²) in [6.07, 6.45) is 11.2. The average Bonchev–Trinajstić information content (AvgIpc) is 3.14. The van der Waals surface area contributed by atoms with E-state index in [-0.39, 0.29) is 11.9 Å². The molecule has 3 nitrogen and oxygen atoms in total. The summed E-state index contributed by atoms with van der Waals surface area (Å²) < 4.78 is 0. The van der Waals surface area contributed by atoms with E-state index in [9.17, 15) is 9.90 Å². The maximum atomic E-state index is 13.2.